The lowest BCUT2D eigenvalue weighted by Gasteiger charge is -2.20. The first-order valence-electron chi connectivity index (χ1n) is 7.04. The monoisotopic (exact) mass is 284 g/mol. The number of aryl methyl sites for hydroxylation is 1. The molecule has 0 radical (unpaired) electrons. The molecule has 0 spiro atoms. The van der Waals surface area contributed by atoms with Gasteiger partial charge in [0.15, 0.2) is 0 Å². The highest BCUT2D eigenvalue weighted by Gasteiger charge is 2.15. The molecule has 21 heavy (non-hydrogen) atoms. The van der Waals surface area contributed by atoms with E-state index in [9.17, 15) is 9.18 Å². The quantitative estimate of drug-likeness (QED) is 0.890. The molecule has 0 saturated heterocycles. The van der Waals surface area contributed by atoms with Gasteiger partial charge in [-0.2, -0.15) is 0 Å². The molecule has 0 unspecified atom stereocenters. The fourth-order valence-corrected chi connectivity index (χ4v) is 2.56. The van der Waals surface area contributed by atoms with Crippen LogP contribution in [0.5, 0.6) is 0 Å². The third kappa shape index (κ3) is 2.81. The summed E-state index contributed by atoms with van der Waals surface area (Å²) >= 11 is 0. The minimum Gasteiger partial charge on any atom is -0.322 e. The lowest BCUT2D eigenvalue weighted by atomic mass is 9.99. The molecular weight excluding hydrogens is 267 g/mol. The Morgan fingerprint density at radius 2 is 2.14 bits per heavy atom. The van der Waals surface area contributed by atoms with Gasteiger partial charge in [-0.25, -0.2) is 4.39 Å². The third-order valence-electron chi connectivity index (χ3n) is 3.83. The van der Waals surface area contributed by atoms with Gasteiger partial charge in [-0.1, -0.05) is 18.2 Å². The lowest BCUT2D eigenvalue weighted by Crippen LogP contribution is -2.25. The first-order valence-corrected chi connectivity index (χ1v) is 7.04. The number of carbonyl (C=O) groups excluding carboxylic acids is 1. The number of nitrogens with one attached hydrogen (secondary N) is 2. The maximum Gasteiger partial charge on any atom is 0.255 e. The van der Waals surface area contributed by atoms with E-state index in [1.807, 2.05) is 12.1 Å². The summed E-state index contributed by atoms with van der Waals surface area (Å²) in [6, 6.07) is 10.4. The van der Waals surface area contributed by atoms with Gasteiger partial charge in [0.25, 0.3) is 5.91 Å². The van der Waals surface area contributed by atoms with Crippen LogP contribution in [-0.4, -0.2) is 12.5 Å². The van der Waals surface area contributed by atoms with E-state index in [0.29, 0.717) is 11.1 Å². The second-order valence-corrected chi connectivity index (χ2v) is 5.29. The van der Waals surface area contributed by atoms with Gasteiger partial charge in [0.1, 0.15) is 5.82 Å². The molecule has 1 heterocycles. The van der Waals surface area contributed by atoms with Crippen molar-refractivity contribution in [2.45, 2.75) is 19.9 Å². The topological polar surface area (TPSA) is 41.1 Å². The first kappa shape index (κ1) is 13.8. The molecule has 2 aromatic carbocycles. The summed E-state index contributed by atoms with van der Waals surface area (Å²) < 4.78 is 13.6. The van der Waals surface area contributed by atoms with Crippen molar-refractivity contribution in [1.82, 2.24) is 5.32 Å². The van der Waals surface area contributed by atoms with E-state index in [-0.39, 0.29) is 11.7 Å². The average Bonchev–Trinajstić information content (AvgIpc) is 2.50. The number of amides is 1. The number of hydrogen-bond donors (Lipinski definition) is 2. The average molecular weight is 284 g/mol. The molecule has 0 aliphatic carbocycles. The van der Waals surface area contributed by atoms with Gasteiger partial charge in [0.05, 0.1) is 0 Å². The Bertz CT molecular complexity index is 697. The predicted molar refractivity (Wildman–Crippen MR) is 80.9 cm³/mol. The minimum atomic E-state index is -0.362. The van der Waals surface area contributed by atoms with Gasteiger partial charge in [-0.15, -0.1) is 0 Å². The zero-order valence-corrected chi connectivity index (χ0v) is 11.9. The summed E-state index contributed by atoms with van der Waals surface area (Å²) in [4.78, 5) is 12.3. The number of rotatable bonds is 2. The zero-order chi connectivity index (χ0) is 14.8. The van der Waals surface area contributed by atoms with Crippen LogP contribution in [0.25, 0.3) is 0 Å². The molecule has 3 nitrogen and oxygen atoms in total. The number of fused-ring (bicyclic) bond motifs is 1. The van der Waals surface area contributed by atoms with Gasteiger partial charge in [0.2, 0.25) is 0 Å². The van der Waals surface area contributed by atoms with Crippen LogP contribution >= 0.6 is 0 Å². The Labute approximate surface area is 123 Å². The molecule has 0 atom stereocenters. The van der Waals surface area contributed by atoms with Crippen LogP contribution < -0.4 is 10.6 Å². The highest BCUT2D eigenvalue weighted by Crippen LogP contribution is 2.23. The van der Waals surface area contributed by atoms with Crippen molar-refractivity contribution in [1.29, 1.82) is 0 Å². The van der Waals surface area contributed by atoms with E-state index in [1.54, 1.807) is 19.1 Å². The van der Waals surface area contributed by atoms with E-state index in [1.165, 1.54) is 11.6 Å². The maximum atomic E-state index is 13.6. The number of carbonyl (C=O) groups is 1. The summed E-state index contributed by atoms with van der Waals surface area (Å²) in [5, 5.41) is 6.19. The molecule has 3 rings (SSSR count). The normalized spacial score (nSPS) is 13.6. The van der Waals surface area contributed by atoms with Gasteiger partial charge < -0.3 is 10.6 Å². The summed E-state index contributed by atoms with van der Waals surface area (Å²) in [5.41, 5.74) is 4.03. The van der Waals surface area contributed by atoms with E-state index in [0.717, 1.165) is 30.8 Å². The van der Waals surface area contributed by atoms with E-state index in [4.69, 9.17) is 0 Å². The molecule has 2 N–H and O–H groups in total. The Hall–Kier alpha value is -2.20. The zero-order valence-electron chi connectivity index (χ0n) is 11.9. The molecule has 108 valence electrons. The molecule has 1 aliphatic rings. The molecule has 0 fully saturated rings. The first-order chi connectivity index (χ1) is 10.1. The van der Waals surface area contributed by atoms with Crippen molar-refractivity contribution < 1.29 is 9.18 Å². The van der Waals surface area contributed by atoms with Crippen molar-refractivity contribution in [3.8, 4) is 0 Å². The highest BCUT2D eigenvalue weighted by atomic mass is 19.1. The largest absolute Gasteiger partial charge is 0.322 e. The Balaban J connectivity index is 1.86. The standard InChI is InChI=1S/C17H17FN2O/c1-11-5-6-13(9-15(11)18)17(21)20-16-4-2-3-12-7-8-19-10-14(12)16/h2-6,9,19H,7-8,10H2,1H3,(H,20,21). The van der Waals surface area contributed by atoms with Crippen LogP contribution in [0.15, 0.2) is 36.4 Å². The second kappa shape index (κ2) is 5.66. The van der Waals surface area contributed by atoms with Crippen LogP contribution in [0.2, 0.25) is 0 Å². The number of halogens is 1. The Morgan fingerprint density at radius 3 is 2.95 bits per heavy atom. The molecule has 1 aliphatic heterocycles. The van der Waals surface area contributed by atoms with E-state index >= 15 is 0 Å². The Morgan fingerprint density at radius 1 is 1.29 bits per heavy atom. The van der Waals surface area contributed by atoms with Crippen LogP contribution in [0.3, 0.4) is 0 Å². The van der Waals surface area contributed by atoms with Crippen LogP contribution in [0, 0.1) is 12.7 Å². The summed E-state index contributed by atoms with van der Waals surface area (Å²) in [6.45, 7) is 3.37. The van der Waals surface area contributed by atoms with Crippen LogP contribution in [-0.2, 0) is 13.0 Å². The van der Waals surface area contributed by atoms with Gasteiger partial charge in [-0.3, -0.25) is 4.79 Å². The fourth-order valence-electron chi connectivity index (χ4n) is 2.56. The molecule has 4 heteroatoms. The van der Waals surface area contributed by atoms with Crippen LogP contribution in [0.4, 0.5) is 10.1 Å². The second-order valence-electron chi connectivity index (χ2n) is 5.29. The molecule has 1 amide bonds. The lowest BCUT2D eigenvalue weighted by molar-refractivity contribution is 0.102. The summed E-state index contributed by atoms with van der Waals surface area (Å²) in [6.07, 6.45) is 0.957. The molecule has 2 aromatic rings. The highest BCUT2D eigenvalue weighted by molar-refractivity contribution is 6.04. The summed E-state index contributed by atoms with van der Waals surface area (Å²) in [5.74, 6) is -0.646. The number of hydrogen-bond acceptors (Lipinski definition) is 2. The Kier molecular flexibility index (Phi) is 3.71. The number of anilines is 1. The van der Waals surface area contributed by atoms with E-state index < -0.39 is 0 Å². The van der Waals surface area contributed by atoms with Crippen molar-refractivity contribution in [2.75, 3.05) is 11.9 Å². The summed E-state index contributed by atoms with van der Waals surface area (Å²) in [7, 11) is 0. The van der Waals surface area contributed by atoms with Gasteiger partial charge >= 0.3 is 0 Å². The smallest absolute Gasteiger partial charge is 0.255 e. The molecule has 0 aromatic heterocycles. The SMILES string of the molecule is Cc1ccc(C(=O)Nc2cccc3c2CNCC3)cc1F. The van der Waals surface area contributed by atoms with Crippen molar-refractivity contribution in [3.63, 3.8) is 0 Å². The fraction of sp³-hybridized carbons (Fsp3) is 0.235. The number of benzene rings is 2. The third-order valence-corrected chi connectivity index (χ3v) is 3.83. The molecule has 0 saturated carbocycles. The van der Waals surface area contributed by atoms with Crippen molar-refractivity contribution in [2.24, 2.45) is 0 Å². The van der Waals surface area contributed by atoms with Crippen molar-refractivity contribution in [3.05, 3.63) is 64.5 Å². The minimum absolute atomic E-state index is 0.284. The predicted octanol–water partition coefficient (Wildman–Crippen LogP) is 3.03. The maximum absolute atomic E-state index is 13.6. The van der Waals surface area contributed by atoms with Gasteiger partial charge in [-0.05, 0) is 54.8 Å². The molecular formula is C17H17FN2O. The molecule has 0 bridgehead atoms. The van der Waals surface area contributed by atoms with E-state index in [2.05, 4.69) is 16.7 Å². The van der Waals surface area contributed by atoms with Crippen molar-refractivity contribution >= 4 is 11.6 Å². The van der Waals surface area contributed by atoms with Gasteiger partial charge in [0, 0.05) is 17.8 Å². The van der Waals surface area contributed by atoms with Crippen LogP contribution in [0.1, 0.15) is 27.0 Å².